The van der Waals surface area contributed by atoms with Crippen LogP contribution >= 0.6 is 15.9 Å². The molecular weight excluding hydrogens is 320 g/mol. The third kappa shape index (κ3) is 2.53. The Balaban J connectivity index is 1.92. The molecule has 0 bridgehead atoms. The fourth-order valence-corrected chi connectivity index (χ4v) is 2.12. The van der Waals surface area contributed by atoms with Crippen molar-refractivity contribution in [3.05, 3.63) is 64.0 Å². The molecule has 0 amide bonds. The molecule has 5 heteroatoms. The molecule has 0 spiro atoms. The first-order valence-electron chi connectivity index (χ1n) is 5.93. The van der Waals surface area contributed by atoms with E-state index >= 15 is 0 Å². The lowest BCUT2D eigenvalue weighted by Gasteiger charge is -1.95. The number of halogens is 1. The maximum absolute atomic E-state index is 10.4. The molecule has 4 nitrogen and oxygen atoms in total. The molecule has 20 heavy (non-hydrogen) atoms. The monoisotopic (exact) mass is 328 g/mol. The molecule has 0 saturated carbocycles. The van der Waals surface area contributed by atoms with E-state index in [1.54, 1.807) is 24.3 Å². The Kier molecular flexibility index (Phi) is 3.43. The normalized spacial score (nSPS) is 10.4. The van der Waals surface area contributed by atoms with Crippen molar-refractivity contribution in [2.45, 2.75) is 0 Å². The number of nitrogens with zero attached hydrogens (tertiary/aromatic N) is 2. The van der Waals surface area contributed by atoms with Crippen LogP contribution in [0.5, 0.6) is 0 Å². The third-order valence-electron chi connectivity index (χ3n) is 2.91. The lowest BCUT2D eigenvalue weighted by atomic mass is 10.1. The van der Waals surface area contributed by atoms with Crippen LogP contribution in [0.2, 0.25) is 0 Å². The van der Waals surface area contributed by atoms with Gasteiger partial charge in [-0.2, -0.15) is 0 Å². The summed E-state index contributed by atoms with van der Waals surface area (Å²) in [6, 6.07) is 16.5. The molecule has 3 aromatic rings. The Morgan fingerprint density at radius 1 is 0.950 bits per heavy atom. The summed E-state index contributed by atoms with van der Waals surface area (Å²) in [5, 5.41) is 6.93. The van der Waals surface area contributed by atoms with Crippen LogP contribution < -0.4 is 0 Å². The summed E-state index contributed by atoms with van der Waals surface area (Å²) in [5.41, 5.74) is 2.99. The molecule has 98 valence electrons. The molecule has 0 aliphatic heterocycles. The van der Waals surface area contributed by atoms with Crippen LogP contribution in [0.3, 0.4) is 0 Å². The minimum absolute atomic E-state index is 0.390. The van der Waals surface area contributed by atoms with Gasteiger partial charge in [0.05, 0.1) is 0 Å². The van der Waals surface area contributed by atoms with Crippen molar-refractivity contribution in [1.82, 2.24) is 5.16 Å². The molecule has 0 fully saturated rings. The molecule has 0 N–H and O–H groups in total. The van der Waals surface area contributed by atoms with Gasteiger partial charge in [-0.25, -0.2) is 0 Å². The molecule has 1 heterocycles. The molecule has 1 aromatic heterocycles. The van der Waals surface area contributed by atoms with E-state index in [2.05, 4.69) is 26.3 Å². The summed E-state index contributed by atoms with van der Waals surface area (Å²) < 4.78 is 6.35. The average Bonchev–Trinajstić information content (AvgIpc) is 2.98. The van der Waals surface area contributed by atoms with Gasteiger partial charge >= 0.3 is 0 Å². The first kappa shape index (κ1) is 12.7. The number of hydrogen-bond acceptors (Lipinski definition) is 4. The molecule has 0 unspecified atom stereocenters. The highest BCUT2D eigenvalue weighted by atomic mass is 79.9. The molecule has 2 aromatic carbocycles. The van der Waals surface area contributed by atoms with Gasteiger partial charge in [0.2, 0.25) is 0 Å². The lowest BCUT2D eigenvalue weighted by Crippen LogP contribution is -1.75. The Bertz CT molecular complexity index is 733. The van der Waals surface area contributed by atoms with Crippen LogP contribution in [0.1, 0.15) is 0 Å². The Labute approximate surface area is 123 Å². The Morgan fingerprint density at radius 3 is 2.25 bits per heavy atom. The standard InChI is InChI=1S/C15H9BrN2O2/c16-12-5-1-10(2-6-12)14-9-15(20-18-14)11-3-7-13(17-19)8-4-11/h1-9H. The maximum atomic E-state index is 10.4. The minimum Gasteiger partial charge on any atom is -0.356 e. The smallest absolute Gasteiger partial charge is 0.167 e. The van der Waals surface area contributed by atoms with Gasteiger partial charge in [0.15, 0.2) is 5.76 Å². The molecule has 0 aliphatic carbocycles. The topological polar surface area (TPSA) is 55.5 Å². The van der Waals surface area contributed by atoms with Crippen LogP contribution in [-0.2, 0) is 0 Å². The first-order chi connectivity index (χ1) is 9.76. The largest absolute Gasteiger partial charge is 0.356 e. The predicted molar refractivity (Wildman–Crippen MR) is 80.5 cm³/mol. The van der Waals surface area contributed by atoms with Crippen molar-refractivity contribution in [3.8, 4) is 22.6 Å². The summed E-state index contributed by atoms with van der Waals surface area (Å²) in [4.78, 5) is 10.4. The van der Waals surface area contributed by atoms with Crippen molar-refractivity contribution in [3.63, 3.8) is 0 Å². The van der Waals surface area contributed by atoms with E-state index in [4.69, 9.17) is 4.52 Å². The van der Waals surface area contributed by atoms with Gasteiger partial charge in [0.1, 0.15) is 11.4 Å². The van der Waals surface area contributed by atoms with Crippen LogP contribution in [0.15, 0.2) is 68.8 Å². The number of benzene rings is 2. The number of hydrogen-bond donors (Lipinski definition) is 0. The summed E-state index contributed by atoms with van der Waals surface area (Å²) in [7, 11) is 0. The second-order valence-electron chi connectivity index (χ2n) is 4.22. The highest BCUT2D eigenvalue weighted by Crippen LogP contribution is 2.28. The quantitative estimate of drug-likeness (QED) is 0.623. The minimum atomic E-state index is 0.390. The van der Waals surface area contributed by atoms with E-state index in [1.807, 2.05) is 30.3 Å². The van der Waals surface area contributed by atoms with E-state index in [-0.39, 0.29) is 0 Å². The van der Waals surface area contributed by atoms with Crippen molar-refractivity contribution >= 4 is 21.6 Å². The van der Waals surface area contributed by atoms with Gasteiger partial charge in [-0.3, -0.25) is 0 Å². The summed E-state index contributed by atoms with van der Waals surface area (Å²) in [5.74, 6) is 0.653. The predicted octanol–water partition coefficient (Wildman–Crippen LogP) is 5.17. The average molecular weight is 329 g/mol. The Hall–Kier alpha value is -2.27. The zero-order valence-electron chi connectivity index (χ0n) is 10.3. The summed E-state index contributed by atoms with van der Waals surface area (Å²) >= 11 is 3.40. The second kappa shape index (κ2) is 5.38. The van der Waals surface area contributed by atoms with E-state index < -0.39 is 0 Å². The van der Waals surface area contributed by atoms with E-state index in [1.165, 1.54) is 0 Å². The molecular formula is C15H9BrN2O2. The van der Waals surface area contributed by atoms with Crippen LogP contribution in [0.25, 0.3) is 22.6 Å². The fourth-order valence-electron chi connectivity index (χ4n) is 1.85. The number of nitroso groups, excluding NO2 is 1. The summed E-state index contributed by atoms with van der Waals surface area (Å²) in [6.07, 6.45) is 0. The van der Waals surface area contributed by atoms with Gasteiger partial charge in [0.25, 0.3) is 0 Å². The van der Waals surface area contributed by atoms with Gasteiger partial charge < -0.3 is 4.52 Å². The van der Waals surface area contributed by atoms with Crippen molar-refractivity contribution in [2.24, 2.45) is 5.18 Å². The van der Waals surface area contributed by atoms with Gasteiger partial charge in [-0.15, -0.1) is 4.91 Å². The van der Waals surface area contributed by atoms with Crippen LogP contribution in [0.4, 0.5) is 5.69 Å². The highest BCUT2D eigenvalue weighted by Gasteiger charge is 2.08. The molecule has 3 rings (SSSR count). The molecule has 0 aliphatic rings. The molecule has 0 saturated heterocycles. The van der Waals surface area contributed by atoms with Crippen molar-refractivity contribution in [2.75, 3.05) is 0 Å². The summed E-state index contributed by atoms with van der Waals surface area (Å²) in [6.45, 7) is 0. The van der Waals surface area contributed by atoms with E-state index in [0.717, 1.165) is 21.3 Å². The van der Waals surface area contributed by atoms with Crippen molar-refractivity contribution < 1.29 is 4.52 Å². The van der Waals surface area contributed by atoms with Crippen LogP contribution in [-0.4, -0.2) is 5.16 Å². The van der Waals surface area contributed by atoms with E-state index in [9.17, 15) is 4.91 Å². The molecule has 0 atom stereocenters. The first-order valence-corrected chi connectivity index (χ1v) is 6.72. The zero-order chi connectivity index (χ0) is 13.9. The number of rotatable bonds is 3. The van der Waals surface area contributed by atoms with Crippen molar-refractivity contribution in [1.29, 1.82) is 0 Å². The molecule has 0 radical (unpaired) electrons. The van der Waals surface area contributed by atoms with Gasteiger partial charge in [0, 0.05) is 21.7 Å². The van der Waals surface area contributed by atoms with Gasteiger partial charge in [-0.05, 0) is 41.6 Å². The van der Waals surface area contributed by atoms with Gasteiger partial charge in [-0.1, -0.05) is 33.2 Å². The van der Waals surface area contributed by atoms with Crippen LogP contribution in [0, 0.1) is 4.91 Å². The SMILES string of the molecule is O=Nc1ccc(-c2cc(-c3ccc(Br)cc3)no2)cc1. The fraction of sp³-hybridized carbons (Fsp3) is 0. The second-order valence-corrected chi connectivity index (χ2v) is 5.14. The highest BCUT2D eigenvalue weighted by molar-refractivity contribution is 9.10. The Morgan fingerprint density at radius 2 is 1.60 bits per heavy atom. The maximum Gasteiger partial charge on any atom is 0.167 e. The zero-order valence-corrected chi connectivity index (χ0v) is 11.9. The van der Waals surface area contributed by atoms with E-state index in [0.29, 0.717) is 11.4 Å². The lowest BCUT2D eigenvalue weighted by molar-refractivity contribution is 0.435. The third-order valence-corrected chi connectivity index (χ3v) is 3.44. The number of aromatic nitrogens is 1.